The zero-order valence-corrected chi connectivity index (χ0v) is 10.5. The van der Waals surface area contributed by atoms with E-state index in [2.05, 4.69) is 5.10 Å². The third-order valence-corrected chi connectivity index (χ3v) is 3.06. The van der Waals surface area contributed by atoms with Crippen molar-refractivity contribution in [3.8, 4) is 16.9 Å². The van der Waals surface area contributed by atoms with Gasteiger partial charge < -0.3 is 5.73 Å². The number of aromatic nitrogens is 2. The zero-order valence-electron chi connectivity index (χ0n) is 10.5. The molecule has 0 aliphatic rings. The molecule has 0 atom stereocenters. The van der Waals surface area contributed by atoms with E-state index in [1.807, 2.05) is 30.3 Å². The summed E-state index contributed by atoms with van der Waals surface area (Å²) in [5.41, 5.74) is 7.31. The second-order valence-corrected chi connectivity index (χ2v) is 4.39. The molecule has 0 amide bonds. The summed E-state index contributed by atoms with van der Waals surface area (Å²) in [7, 11) is 0. The predicted molar refractivity (Wildman–Crippen MR) is 76.2 cm³/mol. The molecule has 0 aliphatic carbocycles. The molecule has 1 heterocycles. The quantitative estimate of drug-likeness (QED) is 0.751. The molecule has 0 saturated heterocycles. The predicted octanol–water partition coefficient (Wildman–Crippen LogP) is 2.55. The van der Waals surface area contributed by atoms with Crippen molar-refractivity contribution in [3.05, 3.63) is 70.8 Å². The number of aromatic amines is 1. The lowest BCUT2D eigenvalue weighted by atomic mass is 10.1. The number of anilines is 1. The largest absolute Gasteiger partial charge is 0.392 e. The van der Waals surface area contributed by atoms with Gasteiger partial charge in [0.25, 0.3) is 5.56 Å². The first kappa shape index (κ1) is 12.2. The minimum Gasteiger partial charge on any atom is -0.392 e. The van der Waals surface area contributed by atoms with Crippen molar-refractivity contribution in [2.45, 2.75) is 0 Å². The molecule has 0 bridgehead atoms. The molecule has 0 aliphatic heterocycles. The van der Waals surface area contributed by atoms with Gasteiger partial charge in [-0.05, 0) is 18.2 Å². The lowest BCUT2D eigenvalue weighted by Gasteiger charge is -2.02. The summed E-state index contributed by atoms with van der Waals surface area (Å²) in [4.78, 5) is 12.2. The van der Waals surface area contributed by atoms with E-state index in [1.54, 1.807) is 6.07 Å². The van der Waals surface area contributed by atoms with Crippen molar-refractivity contribution in [2.75, 3.05) is 5.73 Å². The second-order valence-electron chi connectivity index (χ2n) is 4.39. The van der Waals surface area contributed by atoms with E-state index in [-0.39, 0.29) is 5.69 Å². The van der Waals surface area contributed by atoms with Crippen LogP contribution in [0.25, 0.3) is 16.9 Å². The summed E-state index contributed by atoms with van der Waals surface area (Å²) < 4.78 is 14.5. The van der Waals surface area contributed by atoms with Crippen LogP contribution in [0, 0.1) is 5.82 Å². The van der Waals surface area contributed by atoms with Crippen LogP contribution in [0.2, 0.25) is 0 Å². The van der Waals surface area contributed by atoms with Crippen LogP contribution in [-0.2, 0) is 0 Å². The molecular weight excluding hydrogens is 257 g/mol. The molecule has 100 valence electrons. The van der Waals surface area contributed by atoms with Crippen LogP contribution >= 0.6 is 0 Å². The van der Waals surface area contributed by atoms with Gasteiger partial charge in [-0.3, -0.25) is 9.89 Å². The van der Waals surface area contributed by atoms with Crippen LogP contribution in [0.3, 0.4) is 0 Å². The number of benzene rings is 2. The van der Waals surface area contributed by atoms with Crippen molar-refractivity contribution in [3.63, 3.8) is 0 Å². The number of nitrogens with one attached hydrogen (secondary N) is 1. The van der Waals surface area contributed by atoms with Crippen molar-refractivity contribution < 1.29 is 4.39 Å². The fourth-order valence-corrected chi connectivity index (χ4v) is 2.07. The lowest BCUT2D eigenvalue weighted by Crippen LogP contribution is -2.16. The Balaban J connectivity index is 2.18. The number of rotatable bonds is 2. The fraction of sp³-hybridized carbons (Fsp3) is 0. The molecule has 0 spiro atoms. The number of halogens is 1. The first-order valence-corrected chi connectivity index (χ1v) is 6.08. The summed E-state index contributed by atoms with van der Waals surface area (Å²) >= 11 is 0. The van der Waals surface area contributed by atoms with Gasteiger partial charge >= 0.3 is 0 Å². The number of nitrogens with zero attached hydrogens (tertiary/aromatic N) is 1. The van der Waals surface area contributed by atoms with Crippen molar-refractivity contribution in [1.82, 2.24) is 9.78 Å². The first-order valence-electron chi connectivity index (χ1n) is 6.08. The number of H-pyrrole nitrogens is 1. The molecule has 3 aromatic rings. The molecule has 5 heteroatoms. The summed E-state index contributed by atoms with van der Waals surface area (Å²) in [5.74, 6) is -0.413. The molecule has 0 radical (unpaired) electrons. The molecule has 2 aromatic carbocycles. The monoisotopic (exact) mass is 269 g/mol. The third kappa shape index (κ3) is 1.99. The SMILES string of the molecule is Nc1c(-c2ccccc2)[nH]n(-c2cccc(F)c2)c1=O. The second kappa shape index (κ2) is 4.70. The van der Waals surface area contributed by atoms with E-state index < -0.39 is 11.4 Å². The van der Waals surface area contributed by atoms with Gasteiger partial charge in [0.05, 0.1) is 11.4 Å². The smallest absolute Gasteiger partial charge is 0.295 e. The number of hydrogen-bond donors (Lipinski definition) is 2. The Bertz CT molecular complexity index is 805. The molecule has 0 fully saturated rings. The first-order chi connectivity index (χ1) is 9.66. The van der Waals surface area contributed by atoms with Crippen molar-refractivity contribution in [2.24, 2.45) is 0 Å². The minimum absolute atomic E-state index is 0.112. The third-order valence-electron chi connectivity index (χ3n) is 3.06. The molecule has 3 rings (SSSR count). The van der Waals surface area contributed by atoms with Crippen molar-refractivity contribution in [1.29, 1.82) is 0 Å². The maximum atomic E-state index is 13.3. The highest BCUT2D eigenvalue weighted by Crippen LogP contribution is 2.21. The Morgan fingerprint density at radius 3 is 2.50 bits per heavy atom. The molecule has 20 heavy (non-hydrogen) atoms. The standard InChI is InChI=1S/C15H12FN3O/c16-11-7-4-8-12(9-11)19-15(20)13(17)14(18-19)10-5-2-1-3-6-10/h1-9,18H,17H2. The van der Waals surface area contributed by atoms with Gasteiger partial charge in [-0.2, -0.15) is 0 Å². The van der Waals surface area contributed by atoms with Gasteiger partial charge in [-0.1, -0.05) is 36.4 Å². The number of hydrogen-bond acceptors (Lipinski definition) is 2. The zero-order chi connectivity index (χ0) is 14.1. The highest BCUT2D eigenvalue weighted by atomic mass is 19.1. The Morgan fingerprint density at radius 2 is 1.80 bits per heavy atom. The van der Waals surface area contributed by atoms with Crippen LogP contribution in [0.15, 0.2) is 59.4 Å². The van der Waals surface area contributed by atoms with Gasteiger partial charge in [0.15, 0.2) is 0 Å². The summed E-state index contributed by atoms with van der Waals surface area (Å²) in [6, 6.07) is 15.0. The van der Waals surface area contributed by atoms with Crippen LogP contribution < -0.4 is 11.3 Å². The molecule has 3 N–H and O–H groups in total. The molecular formula is C15H12FN3O. The van der Waals surface area contributed by atoms with E-state index in [0.717, 1.165) is 5.56 Å². The van der Waals surface area contributed by atoms with E-state index in [9.17, 15) is 9.18 Å². The Labute approximate surface area is 114 Å². The van der Waals surface area contributed by atoms with Gasteiger partial charge in [-0.15, -0.1) is 0 Å². The minimum atomic E-state index is -0.413. The van der Waals surface area contributed by atoms with Gasteiger partial charge in [-0.25, -0.2) is 9.07 Å². The van der Waals surface area contributed by atoms with E-state index >= 15 is 0 Å². The Morgan fingerprint density at radius 1 is 1.05 bits per heavy atom. The number of nitrogen functional groups attached to an aromatic ring is 1. The molecule has 0 unspecified atom stereocenters. The molecule has 1 aromatic heterocycles. The van der Waals surface area contributed by atoms with Crippen LogP contribution in [0.1, 0.15) is 0 Å². The van der Waals surface area contributed by atoms with Crippen LogP contribution in [0.4, 0.5) is 10.1 Å². The number of nitrogens with two attached hydrogens (primary N) is 1. The van der Waals surface area contributed by atoms with Gasteiger partial charge in [0, 0.05) is 5.56 Å². The Kier molecular flexibility index (Phi) is 2.87. The van der Waals surface area contributed by atoms with E-state index in [0.29, 0.717) is 11.4 Å². The normalized spacial score (nSPS) is 10.7. The highest BCUT2D eigenvalue weighted by Gasteiger charge is 2.13. The van der Waals surface area contributed by atoms with E-state index in [4.69, 9.17) is 5.73 Å². The maximum absolute atomic E-state index is 13.3. The molecule has 0 saturated carbocycles. The van der Waals surface area contributed by atoms with Gasteiger partial charge in [0.1, 0.15) is 11.5 Å². The lowest BCUT2D eigenvalue weighted by molar-refractivity contribution is 0.625. The van der Waals surface area contributed by atoms with E-state index in [1.165, 1.54) is 22.9 Å². The average Bonchev–Trinajstić information content (AvgIpc) is 2.76. The Hall–Kier alpha value is -2.82. The summed E-state index contributed by atoms with van der Waals surface area (Å²) in [6.45, 7) is 0. The fourth-order valence-electron chi connectivity index (χ4n) is 2.07. The average molecular weight is 269 g/mol. The summed E-state index contributed by atoms with van der Waals surface area (Å²) in [6.07, 6.45) is 0. The van der Waals surface area contributed by atoms with Crippen LogP contribution in [0.5, 0.6) is 0 Å². The van der Waals surface area contributed by atoms with Gasteiger partial charge in [0.2, 0.25) is 0 Å². The molecule has 4 nitrogen and oxygen atoms in total. The maximum Gasteiger partial charge on any atom is 0.295 e. The highest BCUT2D eigenvalue weighted by molar-refractivity contribution is 5.72. The topological polar surface area (TPSA) is 63.8 Å². The summed E-state index contributed by atoms with van der Waals surface area (Å²) in [5, 5.41) is 2.92. The van der Waals surface area contributed by atoms with Crippen LogP contribution in [-0.4, -0.2) is 9.78 Å². The van der Waals surface area contributed by atoms with Crippen molar-refractivity contribution >= 4 is 5.69 Å².